The molecule has 2 heterocycles. The molecule has 2 aliphatic carbocycles. The third kappa shape index (κ3) is 3.99. The smallest absolute Gasteiger partial charge is 0.233 e. The summed E-state index contributed by atoms with van der Waals surface area (Å²) in [5.74, 6) is 1.52. The highest BCUT2D eigenvalue weighted by Gasteiger charge is 2.58. The number of hydrogen-bond acceptors (Lipinski definition) is 5. The summed E-state index contributed by atoms with van der Waals surface area (Å²) in [6, 6.07) is 0.400. The van der Waals surface area contributed by atoms with E-state index in [4.69, 9.17) is 4.74 Å². The first kappa shape index (κ1) is 21.3. The third-order valence-electron chi connectivity index (χ3n) is 7.18. The summed E-state index contributed by atoms with van der Waals surface area (Å²) in [6.45, 7) is 9.64. The van der Waals surface area contributed by atoms with Gasteiger partial charge < -0.3 is 15.4 Å². The molecule has 0 aromatic rings. The summed E-state index contributed by atoms with van der Waals surface area (Å²) < 4.78 is 5.48. The number of likely N-dealkylation sites (tertiary alicyclic amines) is 1. The molecule has 5 atom stereocenters. The summed E-state index contributed by atoms with van der Waals surface area (Å²) in [5, 5.41) is 6.69. The number of morpholine rings is 1. The molecule has 166 valence electrons. The molecular formula is C22H35N5O3. The second-order valence-corrected chi connectivity index (χ2v) is 9.17. The molecule has 4 rings (SSSR count). The highest BCUT2D eigenvalue weighted by molar-refractivity contribution is 6.06. The number of amides is 2. The van der Waals surface area contributed by atoms with Gasteiger partial charge in [-0.2, -0.15) is 0 Å². The number of imide groups is 1. The lowest BCUT2D eigenvalue weighted by atomic mass is 9.85. The minimum absolute atomic E-state index is 0.0128. The standard InChI is InChI=1S/C22H35N5O3/c1-14(2)17(26-8-10-30-11-9-26)13-25-22(23-3)24-6-7-27-20(28)18-15-4-5-16(12-15)19(18)21(27)29/h4-5,14-19H,6-13H2,1-3H3,(H2,23,24,25). The second kappa shape index (κ2) is 9.06. The first-order chi connectivity index (χ1) is 14.5. The molecule has 30 heavy (non-hydrogen) atoms. The number of fused-ring (bicyclic) bond motifs is 5. The van der Waals surface area contributed by atoms with Gasteiger partial charge in [-0.1, -0.05) is 26.0 Å². The van der Waals surface area contributed by atoms with Crippen molar-refractivity contribution in [2.75, 3.05) is 53.0 Å². The topological polar surface area (TPSA) is 86.3 Å². The maximum atomic E-state index is 12.8. The second-order valence-electron chi connectivity index (χ2n) is 9.17. The van der Waals surface area contributed by atoms with Crippen molar-refractivity contribution in [1.29, 1.82) is 0 Å². The zero-order chi connectivity index (χ0) is 21.3. The quantitative estimate of drug-likeness (QED) is 0.269. The molecule has 2 bridgehead atoms. The van der Waals surface area contributed by atoms with Crippen LogP contribution in [0.15, 0.2) is 17.1 Å². The highest BCUT2D eigenvalue weighted by atomic mass is 16.5. The molecule has 0 aromatic heterocycles. The molecule has 0 spiro atoms. The molecule has 5 unspecified atom stereocenters. The van der Waals surface area contributed by atoms with Crippen LogP contribution in [0.5, 0.6) is 0 Å². The molecule has 2 aliphatic heterocycles. The number of carbonyl (C=O) groups is 2. The Morgan fingerprint density at radius 3 is 2.33 bits per heavy atom. The highest BCUT2D eigenvalue weighted by Crippen LogP contribution is 2.52. The van der Waals surface area contributed by atoms with Gasteiger partial charge >= 0.3 is 0 Å². The van der Waals surface area contributed by atoms with Crippen LogP contribution < -0.4 is 10.6 Å². The van der Waals surface area contributed by atoms with Gasteiger partial charge in [0.15, 0.2) is 5.96 Å². The monoisotopic (exact) mass is 417 g/mol. The van der Waals surface area contributed by atoms with Gasteiger partial charge in [0.1, 0.15) is 0 Å². The van der Waals surface area contributed by atoms with Crippen molar-refractivity contribution in [3.05, 3.63) is 12.2 Å². The van der Waals surface area contributed by atoms with E-state index in [2.05, 4.69) is 46.5 Å². The lowest BCUT2D eigenvalue weighted by Gasteiger charge is -2.37. The Morgan fingerprint density at radius 1 is 1.13 bits per heavy atom. The minimum Gasteiger partial charge on any atom is -0.379 e. The van der Waals surface area contributed by atoms with E-state index in [1.54, 1.807) is 7.05 Å². The van der Waals surface area contributed by atoms with E-state index in [0.717, 1.165) is 39.3 Å². The first-order valence-corrected chi connectivity index (χ1v) is 11.3. The van der Waals surface area contributed by atoms with Crippen molar-refractivity contribution in [1.82, 2.24) is 20.4 Å². The van der Waals surface area contributed by atoms with Crippen LogP contribution in [0.4, 0.5) is 0 Å². The average Bonchev–Trinajstić information content (AvgIpc) is 3.42. The summed E-state index contributed by atoms with van der Waals surface area (Å²) in [4.78, 5) is 33.8. The molecule has 1 saturated carbocycles. The molecule has 0 aromatic carbocycles. The Morgan fingerprint density at radius 2 is 1.77 bits per heavy atom. The number of guanidine groups is 1. The maximum absolute atomic E-state index is 12.8. The number of hydrogen-bond donors (Lipinski definition) is 2. The number of nitrogens with zero attached hydrogens (tertiary/aromatic N) is 3. The number of allylic oxidation sites excluding steroid dienone is 2. The van der Waals surface area contributed by atoms with Crippen LogP contribution >= 0.6 is 0 Å². The average molecular weight is 418 g/mol. The van der Waals surface area contributed by atoms with Gasteiger partial charge in [0.2, 0.25) is 11.8 Å². The number of carbonyl (C=O) groups excluding carboxylic acids is 2. The van der Waals surface area contributed by atoms with Crippen LogP contribution in [0, 0.1) is 29.6 Å². The number of ether oxygens (including phenoxy) is 1. The van der Waals surface area contributed by atoms with Crippen LogP contribution in [-0.2, 0) is 14.3 Å². The van der Waals surface area contributed by atoms with Crippen LogP contribution in [-0.4, -0.2) is 86.6 Å². The third-order valence-corrected chi connectivity index (χ3v) is 7.18. The number of rotatable bonds is 7. The van der Waals surface area contributed by atoms with Crippen molar-refractivity contribution in [2.45, 2.75) is 26.3 Å². The first-order valence-electron chi connectivity index (χ1n) is 11.3. The largest absolute Gasteiger partial charge is 0.379 e. The summed E-state index contributed by atoms with van der Waals surface area (Å²) >= 11 is 0. The van der Waals surface area contributed by atoms with E-state index in [0.29, 0.717) is 31.0 Å². The fourth-order valence-corrected chi connectivity index (χ4v) is 5.59. The zero-order valence-electron chi connectivity index (χ0n) is 18.3. The van der Waals surface area contributed by atoms with Gasteiger partial charge in [-0.05, 0) is 24.2 Å². The predicted molar refractivity (Wildman–Crippen MR) is 115 cm³/mol. The molecule has 4 aliphatic rings. The van der Waals surface area contributed by atoms with Crippen LogP contribution in [0.25, 0.3) is 0 Å². The molecule has 3 fully saturated rings. The summed E-state index contributed by atoms with van der Waals surface area (Å²) in [7, 11) is 1.74. The molecule has 2 saturated heterocycles. The molecule has 8 heteroatoms. The fourth-order valence-electron chi connectivity index (χ4n) is 5.59. The molecule has 0 radical (unpaired) electrons. The van der Waals surface area contributed by atoms with Gasteiger partial charge in [-0.25, -0.2) is 0 Å². The minimum atomic E-state index is -0.120. The molecule has 2 N–H and O–H groups in total. The lowest BCUT2D eigenvalue weighted by Crippen LogP contribution is -2.53. The van der Waals surface area contributed by atoms with Crippen LogP contribution in [0.2, 0.25) is 0 Å². The van der Waals surface area contributed by atoms with Gasteiger partial charge in [0.05, 0.1) is 25.0 Å². The summed E-state index contributed by atoms with van der Waals surface area (Å²) in [6.07, 6.45) is 5.23. The van der Waals surface area contributed by atoms with E-state index < -0.39 is 0 Å². The lowest BCUT2D eigenvalue weighted by molar-refractivity contribution is -0.140. The van der Waals surface area contributed by atoms with Crippen LogP contribution in [0.3, 0.4) is 0 Å². The van der Waals surface area contributed by atoms with Crippen molar-refractivity contribution < 1.29 is 14.3 Å². The van der Waals surface area contributed by atoms with Gasteiger partial charge in [-0.3, -0.25) is 24.4 Å². The van der Waals surface area contributed by atoms with E-state index in [1.165, 1.54) is 4.90 Å². The van der Waals surface area contributed by atoms with E-state index in [1.807, 2.05) is 0 Å². The van der Waals surface area contributed by atoms with Crippen LogP contribution in [0.1, 0.15) is 20.3 Å². The summed E-state index contributed by atoms with van der Waals surface area (Å²) in [5.41, 5.74) is 0. The SMILES string of the molecule is CN=C(NCCN1C(=O)C2C3C=CC(C3)C2C1=O)NCC(C(C)C)N1CCOCC1. The zero-order valence-corrected chi connectivity index (χ0v) is 18.3. The maximum Gasteiger partial charge on any atom is 0.233 e. The number of nitrogens with one attached hydrogen (secondary N) is 2. The Balaban J connectivity index is 1.25. The Hall–Kier alpha value is -1.93. The van der Waals surface area contributed by atoms with E-state index in [-0.39, 0.29) is 35.5 Å². The number of aliphatic imine (C=N–C) groups is 1. The van der Waals surface area contributed by atoms with Crippen molar-refractivity contribution >= 4 is 17.8 Å². The van der Waals surface area contributed by atoms with Crippen molar-refractivity contribution in [2.24, 2.45) is 34.6 Å². The predicted octanol–water partition coefficient (Wildman–Crippen LogP) is 0.315. The van der Waals surface area contributed by atoms with Crippen molar-refractivity contribution in [3.8, 4) is 0 Å². The fraction of sp³-hybridized carbons (Fsp3) is 0.773. The van der Waals surface area contributed by atoms with Gasteiger partial charge in [-0.15, -0.1) is 0 Å². The van der Waals surface area contributed by atoms with Gasteiger partial charge in [0, 0.05) is 45.8 Å². The molecule has 8 nitrogen and oxygen atoms in total. The Kier molecular flexibility index (Phi) is 6.43. The van der Waals surface area contributed by atoms with Crippen molar-refractivity contribution in [3.63, 3.8) is 0 Å². The molecule has 2 amide bonds. The van der Waals surface area contributed by atoms with Gasteiger partial charge in [0.25, 0.3) is 0 Å². The molecular weight excluding hydrogens is 382 g/mol. The normalized spacial score (nSPS) is 32.3. The van der Waals surface area contributed by atoms with E-state index >= 15 is 0 Å². The Bertz CT molecular complexity index is 686. The Labute approximate surface area is 179 Å². The van der Waals surface area contributed by atoms with E-state index in [9.17, 15) is 9.59 Å².